The SMILES string of the molecule is Cc1ccc(CCNC(=O)N(C)CC2CCCC2O)c(C)c1. The molecule has 22 heavy (non-hydrogen) atoms. The topological polar surface area (TPSA) is 52.6 Å². The van der Waals surface area contributed by atoms with Gasteiger partial charge in [0.1, 0.15) is 0 Å². The second-order valence-electron chi connectivity index (χ2n) is 6.55. The zero-order valence-electron chi connectivity index (χ0n) is 13.9. The number of carbonyl (C=O) groups is 1. The Labute approximate surface area is 133 Å². The van der Waals surface area contributed by atoms with Gasteiger partial charge in [-0.2, -0.15) is 0 Å². The normalized spacial score (nSPS) is 20.9. The highest BCUT2D eigenvalue weighted by atomic mass is 16.3. The number of aliphatic hydroxyl groups excluding tert-OH is 1. The van der Waals surface area contributed by atoms with Crippen LogP contribution in [0, 0.1) is 19.8 Å². The minimum atomic E-state index is -0.245. The van der Waals surface area contributed by atoms with Crippen molar-refractivity contribution in [2.24, 2.45) is 5.92 Å². The van der Waals surface area contributed by atoms with E-state index in [1.165, 1.54) is 16.7 Å². The van der Waals surface area contributed by atoms with Crippen molar-refractivity contribution in [3.8, 4) is 0 Å². The van der Waals surface area contributed by atoms with Crippen LogP contribution in [0.1, 0.15) is 36.0 Å². The molecule has 4 heteroatoms. The molecule has 0 bridgehead atoms. The Bertz CT molecular complexity index is 516. The molecule has 0 aliphatic heterocycles. The average molecular weight is 304 g/mol. The molecule has 1 aliphatic carbocycles. The molecule has 1 aromatic rings. The van der Waals surface area contributed by atoms with Gasteiger partial charge in [-0.05, 0) is 44.2 Å². The lowest BCUT2D eigenvalue weighted by molar-refractivity contribution is 0.114. The van der Waals surface area contributed by atoms with Crippen molar-refractivity contribution >= 4 is 6.03 Å². The van der Waals surface area contributed by atoms with Crippen molar-refractivity contribution in [1.29, 1.82) is 0 Å². The van der Waals surface area contributed by atoms with Crippen LogP contribution in [-0.2, 0) is 6.42 Å². The predicted molar refractivity (Wildman–Crippen MR) is 89.0 cm³/mol. The molecule has 0 saturated heterocycles. The second kappa shape index (κ2) is 7.63. The van der Waals surface area contributed by atoms with Gasteiger partial charge in [-0.3, -0.25) is 0 Å². The van der Waals surface area contributed by atoms with Crippen molar-refractivity contribution in [1.82, 2.24) is 10.2 Å². The van der Waals surface area contributed by atoms with Crippen molar-refractivity contribution in [2.75, 3.05) is 20.1 Å². The standard InChI is InChI=1S/C18H28N2O2/c1-13-7-8-15(14(2)11-13)9-10-19-18(22)20(3)12-16-5-4-6-17(16)21/h7-8,11,16-17,21H,4-6,9-10,12H2,1-3H3,(H,19,22). The van der Waals surface area contributed by atoms with Crippen LogP contribution in [0.5, 0.6) is 0 Å². The Morgan fingerprint density at radius 1 is 1.36 bits per heavy atom. The van der Waals surface area contributed by atoms with Gasteiger partial charge in [0.05, 0.1) is 6.10 Å². The molecule has 2 amide bonds. The maximum atomic E-state index is 12.1. The summed E-state index contributed by atoms with van der Waals surface area (Å²) in [7, 11) is 1.80. The lowest BCUT2D eigenvalue weighted by atomic mass is 10.0. The van der Waals surface area contributed by atoms with Gasteiger partial charge in [0.25, 0.3) is 0 Å². The van der Waals surface area contributed by atoms with Crippen molar-refractivity contribution in [2.45, 2.75) is 45.6 Å². The summed E-state index contributed by atoms with van der Waals surface area (Å²) in [5, 5.41) is 12.8. The molecule has 2 rings (SSSR count). The molecule has 2 unspecified atom stereocenters. The molecule has 0 heterocycles. The Hall–Kier alpha value is -1.55. The smallest absolute Gasteiger partial charge is 0.317 e. The third-order valence-electron chi connectivity index (χ3n) is 4.64. The van der Waals surface area contributed by atoms with Gasteiger partial charge in [0.2, 0.25) is 0 Å². The van der Waals surface area contributed by atoms with E-state index in [9.17, 15) is 9.90 Å². The predicted octanol–water partition coefficient (Wildman–Crippen LogP) is 2.65. The summed E-state index contributed by atoms with van der Waals surface area (Å²) in [6, 6.07) is 6.36. The molecule has 0 aromatic heterocycles. The van der Waals surface area contributed by atoms with Crippen LogP contribution in [0.25, 0.3) is 0 Å². The van der Waals surface area contributed by atoms with Crippen molar-refractivity contribution in [3.63, 3.8) is 0 Å². The number of nitrogens with one attached hydrogen (secondary N) is 1. The summed E-state index contributed by atoms with van der Waals surface area (Å²) < 4.78 is 0. The van der Waals surface area contributed by atoms with Crippen LogP contribution in [0.4, 0.5) is 4.79 Å². The number of aliphatic hydroxyl groups is 1. The van der Waals surface area contributed by atoms with Crippen LogP contribution >= 0.6 is 0 Å². The lowest BCUT2D eigenvalue weighted by Crippen LogP contribution is -2.41. The molecule has 1 fully saturated rings. The maximum Gasteiger partial charge on any atom is 0.317 e. The number of carbonyl (C=O) groups excluding carboxylic acids is 1. The summed E-state index contributed by atoms with van der Waals surface area (Å²) in [5.41, 5.74) is 3.82. The molecule has 4 nitrogen and oxygen atoms in total. The molecule has 1 aliphatic rings. The van der Waals surface area contributed by atoms with Crippen LogP contribution in [-0.4, -0.2) is 42.3 Å². The Morgan fingerprint density at radius 2 is 2.14 bits per heavy atom. The fourth-order valence-electron chi connectivity index (χ4n) is 3.23. The van der Waals surface area contributed by atoms with E-state index in [1.807, 2.05) is 0 Å². The third kappa shape index (κ3) is 4.47. The number of rotatable bonds is 5. The van der Waals surface area contributed by atoms with E-state index in [4.69, 9.17) is 0 Å². The molecule has 0 spiro atoms. The minimum absolute atomic E-state index is 0.0520. The van der Waals surface area contributed by atoms with E-state index < -0.39 is 0 Å². The zero-order chi connectivity index (χ0) is 16.1. The zero-order valence-corrected chi connectivity index (χ0v) is 13.9. The highest BCUT2D eigenvalue weighted by molar-refractivity contribution is 5.73. The number of benzene rings is 1. The lowest BCUT2D eigenvalue weighted by Gasteiger charge is -2.23. The first-order valence-corrected chi connectivity index (χ1v) is 8.20. The minimum Gasteiger partial charge on any atom is -0.393 e. The van der Waals surface area contributed by atoms with E-state index in [-0.39, 0.29) is 18.1 Å². The number of amides is 2. The molecule has 0 radical (unpaired) electrons. The number of hydrogen-bond donors (Lipinski definition) is 2. The fraction of sp³-hybridized carbons (Fsp3) is 0.611. The number of hydrogen-bond acceptors (Lipinski definition) is 2. The van der Waals surface area contributed by atoms with Crippen molar-refractivity contribution < 1.29 is 9.90 Å². The summed E-state index contributed by atoms with van der Waals surface area (Å²) >= 11 is 0. The Kier molecular flexibility index (Phi) is 5.83. The van der Waals surface area contributed by atoms with Gasteiger partial charge < -0.3 is 15.3 Å². The quantitative estimate of drug-likeness (QED) is 0.878. The number of aryl methyl sites for hydroxylation is 2. The van der Waals surface area contributed by atoms with Crippen molar-refractivity contribution in [3.05, 3.63) is 34.9 Å². The second-order valence-corrected chi connectivity index (χ2v) is 6.55. The number of urea groups is 1. The van der Waals surface area contributed by atoms with Crippen LogP contribution in [0.2, 0.25) is 0 Å². The van der Waals surface area contributed by atoms with E-state index >= 15 is 0 Å². The van der Waals surface area contributed by atoms with Gasteiger partial charge in [0, 0.05) is 26.1 Å². The summed E-state index contributed by atoms with van der Waals surface area (Å²) in [4.78, 5) is 13.8. The van der Waals surface area contributed by atoms with Gasteiger partial charge in [-0.25, -0.2) is 4.79 Å². The maximum absolute atomic E-state index is 12.1. The molecular formula is C18H28N2O2. The van der Waals surface area contributed by atoms with Crippen LogP contribution < -0.4 is 5.32 Å². The molecule has 122 valence electrons. The summed E-state index contributed by atoms with van der Waals surface area (Å²) in [6.07, 6.45) is 3.55. The highest BCUT2D eigenvalue weighted by Gasteiger charge is 2.27. The largest absolute Gasteiger partial charge is 0.393 e. The van der Waals surface area contributed by atoms with Crippen LogP contribution in [0.15, 0.2) is 18.2 Å². The Balaban J connectivity index is 1.75. The average Bonchev–Trinajstić information content (AvgIpc) is 2.86. The summed E-state index contributed by atoms with van der Waals surface area (Å²) in [5.74, 6) is 0.232. The van der Waals surface area contributed by atoms with Gasteiger partial charge in [-0.15, -0.1) is 0 Å². The van der Waals surface area contributed by atoms with Gasteiger partial charge in [-0.1, -0.05) is 30.2 Å². The summed E-state index contributed by atoms with van der Waals surface area (Å²) in [6.45, 7) is 5.47. The van der Waals surface area contributed by atoms with E-state index in [1.54, 1.807) is 11.9 Å². The first-order valence-electron chi connectivity index (χ1n) is 8.20. The van der Waals surface area contributed by atoms with Gasteiger partial charge in [0.15, 0.2) is 0 Å². The van der Waals surface area contributed by atoms with Crippen LogP contribution in [0.3, 0.4) is 0 Å². The highest BCUT2D eigenvalue weighted by Crippen LogP contribution is 2.25. The van der Waals surface area contributed by atoms with Gasteiger partial charge >= 0.3 is 6.03 Å². The number of nitrogens with zero attached hydrogens (tertiary/aromatic N) is 1. The Morgan fingerprint density at radius 3 is 2.77 bits per heavy atom. The van der Waals surface area contributed by atoms with E-state index in [0.717, 1.165) is 25.7 Å². The molecule has 1 aromatic carbocycles. The molecule has 2 atom stereocenters. The van der Waals surface area contributed by atoms with E-state index in [0.29, 0.717) is 13.1 Å². The molecular weight excluding hydrogens is 276 g/mol. The fourth-order valence-corrected chi connectivity index (χ4v) is 3.23. The first-order chi connectivity index (χ1) is 10.5. The first kappa shape index (κ1) is 16.8. The monoisotopic (exact) mass is 304 g/mol. The molecule has 1 saturated carbocycles. The third-order valence-corrected chi connectivity index (χ3v) is 4.64. The molecule has 2 N–H and O–H groups in total. The van der Waals surface area contributed by atoms with E-state index in [2.05, 4.69) is 37.4 Å².